The molecule has 1 aliphatic heterocycles. The summed E-state index contributed by atoms with van der Waals surface area (Å²) >= 11 is 0. The van der Waals surface area contributed by atoms with Gasteiger partial charge in [-0.05, 0) is 44.5 Å². The van der Waals surface area contributed by atoms with E-state index >= 15 is 0 Å². The molecule has 3 rings (SSSR count). The Labute approximate surface area is 149 Å². The van der Waals surface area contributed by atoms with Gasteiger partial charge in [0.25, 0.3) is 0 Å². The maximum Gasteiger partial charge on any atom is 0.246 e. The van der Waals surface area contributed by atoms with E-state index in [1.165, 1.54) is 11.3 Å². The Hall–Kier alpha value is -2.56. The molecule has 0 unspecified atom stereocenters. The van der Waals surface area contributed by atoms with E-state index in [0.717, 1.165) is 43.1 Å². The Morgan fingerprint density at radius 2 is 1.84 bits per heavy atom. The summed E-state index contributed by atoms with van der Waals surface area (Å²) in [6.07, 6.45) is 3.58. The average Bonchev–Trinajstić information content (AvgIpc) is 2.85. The minimum Gasteiger partial charge on any atom is -0.368 e. The molecule has 0 bridgehead atoms. The number of anilines is 1. The van der Waals surface area contributed by atoms with Crippen molar-refractivity contribution in [3.05, 3.63) is 52.9 Å². The number of rotatable bonds is 3. The molecule has 1 saturated heterocycles. The lowest BCUT2D eigenvalue weighted by molar-refractivity contribution is -0.126. The predicted molar refractivity (Wildman–Crippen MR) is 102 cm³/mol. The highest BCUT2D eigenvalue weighted by atomic mass is 16.2. The smallest absolute Gasteiger partial charge is 0.246 e. The lowest BCUT2D eigenvalue weighted by Gasteiger charge is -2.35. The van der Waals surface area contributed by atoms with Gasteiger partial charge in [-0.3, -0.25) is 9.48 Å². The van der Waals surface area contributed by atoms with Crippen LogP contribution in [0.4, 0.5) is 5.69 Å². The molecule has 0 atom stereocenters. The van der Waals surface area contributed by atoms with Crippen LogP contribution in [0.2, 0.25) is 0 Å². The van der Waals surface area contributed by atoms with Crippen molar-refractivity contribution < 1.29 is 4.79 Å². The molecule has 1 aromatic heterocycles. The number of amides is 1. The van der Waals surface area contributed by atoms with Crippen LogP contribution in [0.15, 0.2) is 30.3 Å². The van der Waals surface area contributed by atoms with Crippen molar-refractivity contribution in [1.29, 1.82) is 0 Å². The number of hydrogen-bond acceptors (Lipinski definition) is 3. The van der Waals surface area contributed by atoms with Gasteiger partial charge in [-0.1, -0.05) is 12.1 Å². The van der Waals surface area contributed by atoms with Crippen molar-refractivity contribution >= 4 is 17.7 Å². The summed E-state index contributed by atoms with van der Waals surface area (Å²) in [5, 5.41) is 4.39. The van der Waals surface area contributed by atoms with Crippen LogP contribution in [0.5, 0.6) is 0 Å². The molecule has 1 amide bonds. The third-order valence-corrected chi connectivity index (χ3v) is 4.92. The van der Waals surface area contributed by atoms with Crippen molar-refractivity contribution in [3.8, 4) is 0 Å². The molecule has 0 aliphatic carbocycles. The topological polar surface area (TPSA) is 41.4 Å². The van der Waals surface area contributed by atoms with E-state index in [1.54, 1.807) is 6.08 Å². The molecule has 0 spiro atoms. The Balaban J connectivity index is 1.61. The molecule has 1 fully saturated rings. The molecular weight excluding hydrogens is 312 g/mol. The molecule has 2 heterocycles. The predicted octanol–water partition coefficient (Wildman–Crippen LogP) is 2.71. The minimum absolute atomic E-state index is 0.0755. The van der Waals surface area contributed by atoms with E-state index in [2.05, 4.69) is 41.2 Å². The van der Waals surface area contributed by atoms with Gasteiger partial charge >= 0.3 is 0 Å². The second kappa shape index (κ2) is 7.13. The van der Waals surface area contributed by atoms with Gasteiger partial charge in [-0.2, -0.15) is 5.10 Å². The summed E-state index contributed by atoms with van der Waals surface area (Å²) in [6, 6.07) is 8.53. The lowest BCUT2D eigenvalue weighted by Crippen LogP contribution is -2.48. The van der Waals surface area contributed by atoms with Crippen molar-refractivity contribution in [2.24, 2.45) is 7.05 Å². The largest absolute Gasteiger partial charge is 0.368 e. The number of carbonyl (C=O) groups excluding carboxylic acids is 1. The standard InChI is InChI=1S/C20H26N4O/c1-15-6-5-7-18(14-15)23-10-12-24(13-11-23)20(25)9-8-19-16(2)21-22(4)17(19)3/h5-9,14H,10-13H2,1-4H3/b9-8+. The first-order chi connectivity index (χ1) is 12.0. The maximum atomic E-state index is 12.5. The minimum atomic E-state index is 0.0755. The molecule has 5 heteroatoms. The highest BCUT2D eigenvalue weighted by molar-refractivity contribution is 5.92. The lowest BCUT2D eigenvalue weighted by atomic mass is 10.1. The number of nitrogens with zero attached hydrogens (tertiary/aromatic N) is 4. The fourth-order valence-electron chi connectivity index (χ4n) is 3.30. The molecule has 1 aromatic carbocycles. The van der Waals surface area contributed by atoms with Gasteiger partial charge in [-0.15, -0.1) is 0 Å². The van der Waals surface area contributed by atoms with Crippen LogP contribution in [-0.4, -0.2) is 46.8 Å². The third-order valence-electron chi connectivity index (χ3n) is 4.92. The first-order valence-electron chi connectivity index (χ1n) is 8.74. The van der Waals surface area contributed by atoms with Gasteiger partial charge in [-0.25, -0.2) is 0 Å². The van der Waals surface area contributed by atoms with Crippen molar-refractivity contribution in [2.75, 3.05) is 31.1 Å². The van der Waals surface area contributed by atoms with Gasteiger partial charge < -0.3 is 9.80 Å². The summed E-state index contributed by atoms with van der Waals surface area (Å²) in [7, 11) is 1.92. The Bertz CT molecular complexity index is 798. The van der Waals surface area contributed by atoms with Crippen LogP contribution >= 0.6 is 0 Å². The summed E-state index contributed by atoms with van der Waals surface area (Å²) in [5.41, 5.74) is 5.57. The molecule has 0 radical (unpaired) electrons. The first kappa shape index (κ1) is 17.3. The van der Waals surface area contributed by atoms with E-state index in [0.29, 0.717) is 0 Å². The van der Waals surface area contributed by atoms with Crippen LogP contribution < -0.4 is 4.90 Å². The van der Waals surface area contributed by atoms with Crippen molar-refractivity contribution in [1.82, 2.24) is 14.7 Å². The molecule has 5 nitrogen and oxygen atoms in total. The summed E-state index contributed by atoms with van der Waals surface area (Å²) < 4.78 is 1.85. The summed E-state index contributed by atoms with van der Waals surface area (Å²) in [4.78, 5) is 16.8. The van der Waals surface area contributed by atoms with Gasteiger partial charge in [0.1, 0.15) is 0 Å². The van der Waals surface area contributed by atoms with Crippen LogP contribution in [-0.2, 0) is 11.8 Å². The molecule has 132 valence electrons. The molecule has 25 heavy (non-hydrogen) atoms. The van der Waals surface area contributed by atoms with Crippen LogP contribution in [0.3, 0.4) is 0 Å². The van der Waals surface area contributed by atoms with Crippen LogP contribution in [0.1, 0.15) is 22.5 Å². The zero-order valence-corrected chi connectivity index (χ0v) is 15.5. The first-order valence-corrected chi connectivity index (χ1v) is 8.74. The number of aromatic nitrogens is 2. The molecule has 0 saturated carbocycles. The van der Waals surface area contributed by atoms with Crippen LogP contribution in [0.25, 0.3) is 6.08 Å². The number of hydrogen-bond donors (Lipinski definition) is 0. The zero-order valence-electron chi connectivity index (χ0n) is 15.5. The fourth-order valence-corrected chi connectivity index (χ4v) is 3.30. The van der Waals surface area contributed by atoms with E-state index in [4.69, 9.17) is 0 Å². The molecule has 2 aromatic rings. The Morgan fingerprint density at radius 3 is 2.44 bits per heavy atom. The summed E-state index contributed by atoms with van der Waals surface area (Å²) in [6.45, 7) is 9.34. The molecule has 0 N–H and O–H groups in total. The van der Waals surface area contributed by atoms with Gasteiger partial charge in [0.2, 0.25) is 5.91 Å². The average molecular weight is 338 g/mol. The normalized spacial score (nSPS) is 15.2. The summed E-state index contributed by atoms with van der Waals surface area (Å²) in [5.74, 6) is 0.0755. The maximum absolute atomic E-state index is 12.5. The zero-order chi connectivity index (χ0) is 18.0. The van der Waals surface area contributed by atoms with Gasteiger partial charge in [0.15, 0.2) is 0 Å². The SMILES string of the molecule is Cc1cccc(N2CCN(C(=O)/C=C/c3c(C)nn(C)c3C)CC2)c1. The third kappa shape index (κ3) is 3.76. The van der Waals surface area contributed by atoms with Gasteiger partial charge in [0.05, 0.1) is 5.69 Å². The second-order valence-corrected chi connectivity index (χ2v) is 6.69. The van der Waals surface area contributed by atoms with E-state index in [1.807, 2.05) is 36.6 Å². The second-order valence-electron chi connectivity index (χ2n) is 6.69. The molecule has 1 aliphatic rings. The number of piperazine rings is 1. The highest BCUT2D eigenvalue weighted by Crippen LogP contribution is 2.18. The quantitative estimate of drug-likeness (QED) is 0.808. The number of benzene rings is 1. The fraction of sp³-hybridized carbons (Fsp3) is 0.400. The Morgan fingerprint density at radius 1 is 1.12 bits per heavy atom. The Kier molecular flexibility index (Phi) is 4.93. The molecular formula is C20H26N4O. The van der Waals surface area contributed by atoms with Gasteiger partial charge in [0, 0.05) is 56.2 Å². The van der Waals surface area contributed by atoms with Crippen molar-refractivity contribution in [2.45, 2.75) is 20.8 Å². The van der Waals surface area contributed by atoms with Crippen LogP contribution in [0, 0.1) is 20.8 Å². The van der Waals surface area contributed by atoms with E-state index in [9.17, 15) is 4.79 Å². The highest BCUT2D eigenvalue weighted by Gasteiger charge is 2.20. The van der Waals surface area contributed by atoms with E-state index < -0.39 is 0 Å². The monoisotopic (exact) mass is 338 g/mol. The number of carbonyl (C=O) groups is 1. The van der Waals surface area contributed by atoms with E-state index in [-0.39, 0.29) is 5.91 Å². The van der Waals surface area contributed by atoms with Crippen molar-refractivity contribution in [3.63, 3.8) is 0 Å². The number of aryl methyl sites for hydroxylation is 3.